The molecule has 3 nitrogen and oxygen atoms in total. The third-order valence-electron chi connectivity index (χ3n) is 4.42. The molecular formula is C17H26N2OS. The molecule has 1 aliphatic heterocycles. The summed E-state index contributed by atoms with van der Waals surface area (Å²) in [5, 5.41) is 10.4. The Bertz CT molecular complexity index is 452. The van der Waals surface area contributed by atoms with Crippen LogP contribution in [0.1, 0.15) is 49.8 Å². The summed E-state index contributed by atoms with van der Waals surface area (Å²) in [7, 11) is 0. The molecule has 0 amide bonds. The summed E-state index contributed by atoms with van der Waals surface area (Å²) >= 11 is 4.94. The third kappa shape index (κ3) is 4.77. The van der Waals surface area contributed by atoms with Gasteiger partial charge in [-0.25, -0.2) is 0 Å². The van der Waals surface area contributed by atoms with Gasteiger partial charge in [-0.2, -0.15) is 0 Å². The van der Waals surface area contributed by atoms with Crippen molar-refractivity contribution in [2.45, 2.75) is 38.7 Å². The van der Waals surface area contributed by atoms with E-state index in [1.165, 1.54) is 25.7 Å². The van der Waals surface area contributed by atoms with Crippen molar-refractivity contribution in [3.05, 3.63) is 35.4 Å². The molecular weight excluding hydrogens is 280 g/mol. The van der Waals surface area contributed by atoms with Crippen molar-refractivity contribution in [3.63, 3.8) is 0 Å². The minimum atomic E-state index is -0.437. The van der Waals surface area contributed by atoms with E-state index in [0.717, 1.165) is 30.1 Å². The fourth-order valence-electron chi connectivity index (χ4n) is 3.09. The van der Waals surface area contributed by atoms with Crippen LogP contribution >= 0.6 is 12.2 Å². The molecule has 0 radical (unpaired) electrons. The zero-order valence-electron chi connectivity index (χ0n) is 12.8. The number of nitrogens with two attached hydrogens (primary N) is 1. The van der Waals surface area contributed by atoms with Crippen molar-refractivity contribution in [1.82, 2.24) is 4.90 Å². The summed E-state index contributed by atoms with van der Waals surface area (Å²) < 4.78 is 0. The van der Waals surface area contributed by atoms with E-state index >= 15 is 0 Å². The summed E-state index contributed by atoms with van der Waals surface area (Å²) in [6, 6.07) is 7.61. The highest BCUT2D eigenvalue weighted by atomic mass is 32.1. The summed E-state index contributed by atoms with van der Waals surface area (Å²) in [4.78, 5) is 2.77. The number of nitrogens with zero attached hydrogens (tertiary/aromatic N) is 1. The van der Waals surface area contributed by atoms with Crippen LogP contribution in [0, 0.1) is 5.92 Å². The highest BCUT2D eigenvalue weighted by Crippen LogP contribution is 2.23. The van der Waals surface area contributed by atoms with E-state index in [1.807, 2.05) is 24.3 Å². The van der Waals surface area contributed by atoms with Gasteiger partial charge in [0, 0.05) is 12.1 Å². The van der Waals surface area contributed by atoms with Gasteiger partial charge >= 0.3 is 0 Å². The van der Waals surface area contributed by atoms with Gasteiger partial charge < -0.3 is 15.7 Å². The molecule has 116 valence electrons. The third-order valence-corrected chi connectivity index (χ3v) is 4.65. The van der Waals surface area contributed by atoms with Crippen LogP contribution in [0.25, 0.3) is 0 Å². The number of rotatable bonds is 6. The molecule has 4 heteroatoms. The van der Waals surface area contributed by atoms with Gasteiger partial charge in [0.15, 0.2) is 0 Å². The van der Waals surface area contributed by atoms with Crippen molar-refractivity contribution < 1.29 is 5.11 Å². The molecule has 0 aliphatic carbocycles. The normalized spacial score (nSPS) is 18.6. The lowest BCUT2D eigenvalue weighted by Crippen LogP contribution is -2.36. The van der Waals surface area contributed by atoms with E-state index in [-0.39, 0.29) is 0 Å². The molecule has 0 aromatic heterocycles. The molecule has 0 spiro atoms. The van der Waals surface area contributed by atoms with Crippen molar-refractivity contribution in [3.8, 4) is 0 Å². The van der Waals surface area contributed by atoms with Crippen LogP contribution < -0.4 is 5.73 Å². The minimum Gasteiger partial charge on any atom is -0.389 e. The Labute approximate surface area is 133 Å². The van der Waals surface area contributed by atoms with Crippen LogP contribution in [0.2, 0.25) is 0 Å². The maximum absolute atomic E-state index is 10.4. The number of β-amino-alcohol motifs (C(OH)–C–C–N with tert-alkyl or cyclic N) is 1. The summed E-state index contributed by atoms with van der Waals surface area (Å²) in [5.74, 6) is 0.883. The zero-order valence-corrected chi connectivity index (χ0v) is 13.6. The summed E-state index contributed by atoms with van der Waals surface area (Å²) in [6.07, 6.45) is 4.72. The number of benzene rings is 1. The molecule has 1 unspecified atom stereocenters. The fraction of sp³-hybridized carbons (Fsp3) is 0.588. The predicted molar refractivity (Wildman–Crippen MR) is 91.4 cm³/mol. The Hall–Kier alpha value is -0.970. The Morgan fingerprint density at radius 1 is 1.33 bits per heavy atom. The van der Waals surface area contributed by atoms with Gasteiger partial charge in [-0.1, -0.05) is 56.2 Å². The first-order valence-electron chi connectivity index (χ1n) is 7.90. The second kappa shape index (κ2) is 7.87. The van der Waals surface area contributed by atoms with Gasteiger partial charge in [0.2, 0.25) is 0 Å². The van der Waals surface area contributed by atoms with E-state index in [0.29, 0.717) is 11.5 Å². The van der Waals surface area contributed by atoms with E-state index < -0.39 is 6.10 Å². The highest BCUT2D eigenvalue weighted by Gasteiger charge is 2.20. The van der Waals surface area contributed by atoms with Gasteiger partial charge in [0.25, 0.3) is 0 Å². The Morgan fingerprint density at radius 3 is 2.48 bits per heavy atom. The first kappa shape index (κ1) is 16.4. The molecule has 1 saturated heterocycles. The second-order valence-corrected chi connectivity index (χ2v) is 6.47. The zero-order chi connectivity index (χ0) is 15.2. The molecule has 1 fully saturated rings. The number of hydrogen-bond acceptors (Lipinski definition) is 3. The van der Waals surface area contributed by atoms with Crippen LogP contribution in [0.15, 0.2) is 24.3 Å². The highest BCUT2D eigenvalue weighted by molar-refractivity contribution is 7.80. The Balaban J connectivity index is 1.84. The van der Waals surface area contributed by atoms with Crippen molar-refractivity contribution >= 4 is 17.2 Å². The van der Waals surface area contributed by atoms with E-state index in [4.69, 9.17) is 18.0 Å². The molecule has 0 saturated carbocycles. The van der Waals surface area contributed by atoms with Gasteiger partial charge in [0.05, 0.1) is 6.10 Å². The summed E-state index contributed by atoms with van der Waals surface area (Å²) in [6.45, 7) is 5.18. The second-order valence-electron chi connectivity index (χ2n) is 6.03. The van der Waals surface area contributed by atoms with Crippen LogP contribution in [-0.2, 0) is 0 Å². The minimum absolute atomic E-state index is 0.397. The fourth-order valence-corrected chi connectivity index (χ4v) is 3.22. The molecule has 3 N–H and O–H groups in total. The summed E-state index contributed by atoms with van der Waals surface area (Å²) in [5.41, 5.74) is 7.37. The molecule has 1 aromatic rings. The Morgan fingerprint density at radius 2 is 1.95 bits per heavy atom. The van der Waals surface area contributed by atoms with E-state index in [9.17, 15) is 5.11 Å². The molecule has 1 heterocycles. The van der Waals surface area contributed by atoms with Crippen LogP contribution in [0.5, 0.6) is 0 Å². The first-order valence-corrected chi connectivity index (χ1v) is 8.31. The smallest absolute Gasteiger partial charge is 0.103 e. The van der Waals surface area contributed by atoms with E-state index in [2.05, 4.69) is 11.8 Å². The van der Waals surface area contributed by atoms with Crippen LogP contribution in [0.3, 0.4) is 0 Å². The molecule has 21 heavy (non-hydrogen) atoms. The monoisotopic (exact) mass is 306 g/mol. The molecule has 1 aromatic carbocycles. The van der Waals surface area contributed by atoms with E-state index in [1.54, 1.807) is 0 Å². The van der Waals surface area contributed by atoms with Gasteiger partial charge in [-0.05, 0) is 37.4 Å². The number of piperidine rings is 1. The molecule has 0 bridgehead atoms. The number of thiocarbonyl (C=S) groups is 1. The standard InChI is InChI=1S/C17H26N2OS/c1-2-3-13-8-10-19(11-9-13)12-16(20)14-4-6-15(7-5-14)17(18)21/h4-7,13,16,20H,2-3,8-12H2,1H3,(H2,18,21). The lowest BCUT2D eigenvalue weighted by atomic mass is 9.92. The number of hydrogen-bond donors (Lipinski definition) is 2. The lowest BCUT2D eigenvalue weighted by Gasteiger charge is -2.33. The molecule has 1 aliphatic rings. The largest absolute Gasteiger partial charge is 0.389 e. The van der Waals surface area contributed by atoms with Gasteiger partial charge in [0.1, 0.15) is 4.99 Å². The topological polar surface area (TPSA) is 49.5 Å². The lowest BCUT2D eigenvalue weighted by molar-refractivity contribution is 0.0879. The van der Waals surface area contributed by atoms with Crippen molar-refractivity contribution in [1.29, 1.82) is 0 Å². The molecule has 1 atom stereocenters. The van der Waals surface area contributed by atoms with Gasteiger partial charge in [-0.15, -0.1) is 0 Å². The maximum atomic E-state index is 10.4. The average Bonchev–Trinajstić information content (AvgIpc) is 2.49. The van der Waals surface area contributed by atoms with Crippen molar-refractivity contribution in [2.24, 2.45) is 11.7 Å². The maximum Gasteiger partial charge on any atom is 0.103 e. The van der Waals surface area contributed by atoms with Gasteiger partial charge in [-0.3, -0.25) is 0 Å². The first-order chi connectivity index (χ1) is 10.1. The van der Waals surface area contributed by atoms with Crippen molar-refractivity contribution in [2.75, 3.05) is 19.6 Å². The average molecular weight is 306 g/mol. The number of aliphatic hydroxyl groups excluding tert-OH is 1. The quantitative estimate of drug-likeness (QED) is 0.794. The molecule has 2 rings (SSSR count). The van der Waals surface area contributed by atoms with Crippen LogP contribution in [-0.4, -0.2) is 34.6 Å². The van der Waals surface area contributed by atoms with Crippen LogP contribution in [0.4, 0.5) is 0 Å². The SMILES string of the molecule is CCCC1CCN(CC(O)c2ccc(C(N)=S)cc2)CC1. The predicted octanol–water partition coefficient (Wildman–Crippen LogP) is 2.87. The number of aliphatic hydroxyl groups is 1. The number of likely N-dealkylation sites (tertiary alicyclic amines) is 1. The Kier molecular flexibility index (Phi) is 6.15.